The van der Waals surface area contributed by atoms with Gasteiger partial charge in [0.25, 0.3) is 5.56 Å². The molecule has 0 saturated heterocycles. The Morgan fingerprint density at radius 2 is 1.96 bits per heavy atom. The van der Waals surface area contributed by atoms with Gasteiger partial charge in [-0.2, -0.15) is 0 Å². The number of benzene rings is 1. The molecule has 2 aromatic heterocycles. The molecule has 1 aromatic carbocycles. The number of esters is 1. The van der Waals surface area contributed by atoms with E-state index in [9.17, 15) is 9.59 Å². The summed E-state index contributed by atoms with van der Waals surface area (Å²) in [6, 6.07) is 7.01. The van der Waals surface area contributed by atoms with Gasteiger partial charge in [0.05, 0.1) is 17.6 Å². The summed E-state index contributed by atoms with van der Waals surface area (Å²) >= 11 is 1.46. The first-order valence-electron chi connectivity index (χ1n) is 8.19. The third kappa shape index (κ3) is 3.54. The minimum absolute atomic E-state index is 0.210. The summed E-state index contributed by atoms with van der Waals surface area (Å²) in [6.07, 6.45) is -0.666. The van der Waals surface area contributed by atoms with Crippen molar-refractivity contribution >= 4 is 27.5 Å². The van der Waals surface area contributed by atoms with Gasteiger partial charge >= 0.3 is 5.97 Å². The number of carbonyl (C=O) groups excluding carboxylic acids is 1. The van der Waals surface area contributed by atoms with Crippen molar-refractivity contribution in [3.63, 3.8) is 0 Å². The van der Waals surface area contributed by atoms with E-state index < -0.39 is 12.1 Å². The Hall–Kier alpha value is -2.51. The maximum atomic E-state index is 12.4. The average Bonchev–Trinajstić information content (AvgIpc) is 2.90. The van der Waals surface area contributed by atoms with Crippen LogP contribution in [0.1, 0.15) is 45.2 Å². The average molecular weight is 372 g/mol. The molecule has 0 unspecified atom stereocenters. The number of H-pyrrole nitrogens is 1. The fourth-order valence-electron chi connectivity index (χ4n) is 2.65. The molecule has 0 radical (unpaired) electrons. The molecular weight excluding hydrogens is 352 g/mol. The van der Waals surface area contributed by atoms with Gasteiger partial charge < -0.3 is 14.5 Å². The smallest absolute Gasteiger partial charge is 0.338 e. The molecule has 1 N–H and O–H groups in total. The molecule has 0 bridgehead atoms. The van der Waals surface area contributed by atoms with Crippen molar-refractivity contribution in [2.24, 2.45) is 0 Å². The Kier molecular flexibility index (Phi) is 5.20. The molecule has 136 valence electrons. The first kappa shape index (κ1) is 18.3. The van der Waals surface area contributed by atoms with Crippen LogP contribution in [0.4, 0.5) is 0 Å². The number of ether oxygens (including phenoxy) is 2. The van der Waals surface area contributed by atoms with E-state index in [0.29, 0.717) is 28.2 Å². The highest BCUT2D eigenvalue weighted by molar-refractivity contribution is 7.18. The van der Waals surface area contributed by atoms with Crippen LogP contribution in [0.3, 0.4) is 0 Å². The summed E-state index contributed by atoms with van der Waals surface area (Å²) in [6.45, 7) is 6.03. The van der Waals surface area contributed by atoms with Crippen molar-refractivity contribution in [2.75, 3.05) is 7.11 Å². The van der Waals surface area contributed by atoms with Gasteiger partial charge in [0.1, 0.15) is 4.83 Å². The minimum Gasteiger partial charge on any atom is -0.451 e. The predicted molar refractivity (Wildman–Crippen MR) is 101 cm³/mol. The Balaban J connectivity index is 1.81. The van der Waals surface area contributed by atoms with Crippen molar-refractivity contribution in [1.29, 1.82) is 0 Å². The number of nitrogens with one attached hydrogen (secondary N) is 1. The molecular formula is C19H20N2O4S. The monoisotopic (exact) mass is 372 g/mol. The van der Waals surface area contributed by atoms with Crippen LogP contribution in [0.2, 0.25) is 0 Å². The minimum atomic E-state index is -0.666. The Bertz CT molecular complexity index is 1000. The summed E-state index contributed by atoms with van der Waals surface area (Å²) in [4.78, 5) is 33.6. The van der Waals surface area contributed by atoms with Gasteiger partial charge in [-0.15, -0.1) is 11.3 Å². The van der Waals surface area contributed by atoms with Crippen molar-refractivity contribution in [3.8, 4) is 0 Å². The lowest BCUT2D eigenvalue weighted by Gasteiger charge is -2.13. The Labute approximate surface area is 154 Å². The molecule has 3 rings (SSSR count). The van der Waals surface area contributed by atoms with Crippen LogP contribution in [0, 0.1) is 13.8 Å². The van der Waals surface area contributed by atoms with E-state index in [1.54, 1.807) is 26.2 Å². The predicted octanol–water partition coefficient (Wildman–Crippen LogP) is 3.67. The number of nitrogens with zero attached hydrogens (tertiary/aromatic N) is 1. The lowest BCUT2D eigenvalue weighted by Crippen LogP contribution is -2.17. The summed E-state index contributed by atoms with van der Waals surface area (Å²) in [5.41, 5.74) is 2.13. The Morgan fingerprint density at radius 3 is 2.62 bits per heavy atom. The summed E-state index contributed by atoms with van der Waals surface area (Å²) in [5, 5.41) is 0.600. The third-order valence-electron chi connectivity index (χ3n) is 4.23. The van der Waals surface area contributed by atoms with Gasteiger partial charge in [0.2, 0.25) is 0 Å². The summed E-state index contributed by atoms with van der Waals surface area (Å²) < 4.78 is 10.5. The number of rotatable bonds is 5. The molecule has 3 aromatic rings. The second-order valence-corrected chi connectivity index (χ2v) is 7.30. The second-order valence-electron chi connectivity index (χ2n) is 6.09. The number of carbonyl (C=O) groups is 1. The highest BCUT2D eigenvalue weighted by Gasteiger charge is 2.19. The second kappa shape index (κ2) is 7.39. The highest BCUT2D eigenvalue weighted by Crippen LogP contribution is 2.27. The van der Waals surface area contributed by atoms with E-state index in [4.69, 9.17) is 9.47 Å². The summed E-state index contributed by atoms with van der Waals surface area (Å²) in [5.74, 6) is -0.129. The number of hydrogen-bond donors (Lipinski definition) is 1. The maximum absolute atomic E-state index is 12.4. The molecule has 1 atom stereocenters. The quantitative estimate of drug-likeness (QED) is 0.691. The van der Waals surface area contributed by atoms with Crippen LogP contribution in [0.25, 0.3) is 10.2 Å². The van der Waals surface area contributed by atoms with Crippen LogP contribution >= 0.6 is 11.3 Å². The number of thiophene rings is 1. The fraction of sp³-hybridized carbons (Fsp3) is 0.316. The van der Waals surface area contributed by atoms with E-state index in [0.717, 1.165) is 16.0 Å². The summed E-state index contributed by atoms with van der Waals surface area (Å²) in [7, 11) is 1.62. The fourth-order valence-corrected chi connectivity index (χ4v) is 3.69. The van der Waals surface area contributed by atoms with Gasteiger partial charge in [-0.25, -0.2) is 9.78 Å². The van der Waals surface area contributed by atoms with Gasteiger partial charge in [-0.05, 0) is 44.0 Å². The first-order valence-corrected chi connectivity index (χ1v) is 9.01. The largest absolute Gasteiger partial charge is 0.451 e. The molecule has 6 nitrogen and oxygen atoms in total. The van der Waals surface area contributed by atoms with E-state index in [1.807, 2.05) is 26.0 Å². The SMILES string of the molecule is COCc1ccc(C(=O)O[C@@H](C)c2nc3sc(C)c(C)c3c(=O)[nH]2)cc1. The van der Waals surface area contributed by atoms with Gasteiger partial charge in [-0.3, -0.25) is 4.79 Å². The van der Waals surface area contributed by atoms with Crippen LogP contribution < -0.4 is 5.56 Å². The zero-order chi connectivity index (χ0) is 18.8. The topological polar surface area (TPSA) is 81.3 Å². The van der Waals surface area contributed by atoms with Crippen molar-refractivity contribution < 1.29 is 14.3 Å². The molecule has 2 heterocycles. The lowest BCUT2D eigenvalue weighted by atomic mass is 10.1. The normalized spacial score (nSPS) is 12.3. The number of fused-ring (bicyclic) bond motifs is 1. The Morgan fingerprint density at radius 1 is 1.27 bits per heavy atom. The van der Waals surface area contributed by atoms with Crippen LogP contribution in [-0.4, -0.2) is 23.0 Å². The molecule has 0 saturated carbocycles. The molecule has 0 amide bonds. The van der Waals surface area contributed by atoms with Crippen molar-refractivity contribution in [1.82, 2.24) is 9.97 Å². The number of aryl methyl sites for hydroxylation is 2. The number of hydrogen-bond acceptors (Lipinski definition) is 6. The zero-order valence-corrected chi connectivity index (χ0v) is 15.9. The third-order valence-corrected chi connectivity index (χ3v) is 5.33. The molecule has 0 spiro atoms. The van der Waals surface area contributed by atoms with E-state index in [2.05, 4.69) is 9.97 Å². The maximum Gasteiger partial charge on any atom is 0.338 e. The van der Waals surface area contributed by atoms with E-state index in [1.165, 1.54) is 11.3 Å². The number of aromatic nitrogens is 2. The van der Waals surface area contributed by atoms with Gasteiger partial charge in [0, 0.05) is 12.0 Å². The molecule has 0 aliphatic heterocycles. The molecule has 7 heteroatoms. The molecule has 0 fully saturated rings. The number of methoxy groups -OCH3 is 1. The number of aromatic amines is 1. The van der Waals surface area contributed by atoms with E-state index in [-0.39, 0.29) is 5.56 Å². The van der Waals surface area contributed by atoms with Crippen molar-refractivity contribution in [2.45, 2.75) is 33.5 Å². The highest BCUT2D eigenvalue weighted by atomic mass is 32.1. The first-order chi connectivity index (χ1) is 12.4. The molecule has 0 aliphatic carbocycles. The van der Waals surface area contributed by atoms with Crippen molar-refractivity contribution in [3.05, 3.63) is 62.0 Å². The van der Waals surface area contributed by atoms with Crippen LogP contribution in [-0.2, 0) is 16.1 Å². The molecule has 26 heavy (non-hydrogen) atoms. The standard InChI is InChI=1S/C19H20N2O4S/c1-10-12(3)26-18-15(10)17(22)20-16(21-18)11(2)25-19(23)14-7-5-13(6-8-14)9-24-4/h5-8,11H,9H2,1-4H3,(H,20,21,22)/t11-/m0/s1. The molecule has 0 aliphatic rings. The lowest BCUT2D eigenvalue weighted by molar-refractivity contribution is 0.0320. The van der Waals surface area contributed by atoms with Gasteiger partial charge in [0.15, 0.2) is 11.9 Å². The zero-order valence-electron chi connectivity index (χ0n) is 15.1. The van der Waals surface area contributed by atoms with Crippen LogP contribution in [0.5, 0.6) is 0 Å². The van der Waals surface area contributed by atoms with Crippen LogP contribution in [0.15, 0.2) is 29.1 Å². The van der Waals surface area contributed by atoms with Gasteiger partial charge in [-0.1, -0.05) is 12.1 Å². The van der Waals surface area contributed by atoms with E-state index >= 15 is 0 Å².